The minimum atomic E-state index is -0.208. The number of hydrogen-bond donors (Lipinski definition) is 0. The molecule has 2 aliphatic heterocycles. The van der Waals surface area contributed by atoms with E-state index in [1.807, 2.05) is 42.2 Å². The topological polar surface area (TPSA) is 58.8 Å². The molecule has 1 aromatic heterocycles. The molecule has 2 aromatic rings. The third kappa shape index (κ3) is 3.31. The predicted octanol–water partition coefficient (Wildman–Crippen LogP) is 3.97. The van der Waals surface area contributed by atoms with Crippen LogP contribution in [-0.4, -0.2) is 53.3 Å². The number of fused-ring (bicyclic) bond motifs is 1. The Balaban J connectivity index is 1.47. The molecule has 1 amide bonds. The molecule has 7 heteroatoms. The summed E-state index contributed by atoms with van der Waals surface area (Å²) in [5.74, 6) is 0.733. The molecule has 2 saturated heterocycles. The van der Waals surface area contributed by atoms with Crippen LogP contribution in [0, 0.1) is 0 Å². The number of carbonyl (C=O) groups is 1. The Morgan fingerprint density at radius 3 is 3.04 bits per heavy atom. The number of ether oxygens (including phenoxy) is 1. The van der Waals surface area contributed by atoms with Crippen molar-refractivity contribution in [1.29, 1.82) is 0 Å². The predicted molar refractivity (Wildman–Crippen MR) is 98.0 cm³/mol. The van der Waals surface area contributed by atoms with Gasteiger partial charge in [0.25, 0.3) is 0 Å². The third-order valence-electron chi connectivity index (χ3n) is 5.21. The van der Waals surface area contributed by atoms with Gasteiger partial charge in [0, 0.05) is 42.3 Å². The van der Waals surface area contributed by atoms with Crippen LogP contribution in [0.3, 0.4) is 0 Å². The van der Waals surface area contributed by atoms with E-state index in [2.05, 4.69) is 10.1 Å². The molecule has 4 rings (SSSR count). The summed E-state index contributed by atoms with van der Waals surface area (Å²) in [6.07, 6.45) is 1.85. The molecule has 0 bridgehead atoms. The van der Waals surface area contributed by atoms with Crippen molar-refractivity contribution in [3.8, 4) is 11.3 Å². The lowest BCUT2D eigenvalue weighted by Crippen LogP contribution is -2.52. The van der Waals surface area contributed by atoms with E-state index >= 15 is 0 Å². The first-order valence-corrected chi connectivity index (χ1v) is 9.43. The van der Waals surface area contributed by atoms with Crippen LogP contribution in [0.25, 0.3) is 11.3 Å². The SMILES string of the molecule is CCOC(=O)N1CCN2[C@@H](CC[C@@H]2c2cc(-c3cccc(Cl)c3)on2)C1. The third-order valence-corrected chi connectivity index (χ3v) is 5.44. The van der Waals surface area contributed by atoms with E-state index < -0.39 is 0 Å². The zero-order valence-electron chi connectivity index (χ0n) is 14.7. The summed E-state index contributed by atoms with van der Waals surface area (Å²) < 4.78 is 10.7. The molecule has 0 saturated carbocycles. The number of nitrogens with zero attached hydrogens (tertiary/aromatic N) is 3. The van der Waals surface area contributed by atoms with E-state index in [0.29, 0.717) is 30.8 Å². The van der Waals surface area contributed by atoms with Crippen LogP contribution < -0.4 is 0 Å². The van der Waals surface area contributed by atoms with Gasteiger partial charge in [0.15, 0.2) is 5.76 Å². The van der Waals surface area contributed by atoms with E-state index in [9.17, 15) is 4.79 Å². The van der Waals surface area contributed by atoms with Gasteiger partial charge in [-0.3, -0.25) is 4.90 Å². The molecule has 0 unspecified atom stereocenters. The normalized spacial score (nSPS) is 23.1. The molecule has 0 radical (unpaired) electrons. The molecule has 1 aromatic carbocycles. The van der Waals surface area contributed by atoms with Crippen LogP contribution in [0.1, 0.15) is 31.5 Å². The summed E-state index contributed by atoms with van der Waals surface area (Å²) in [4.78, 5) is 16.2. The van der Waals surface area contributed by atoms with Crippen molar-refractivity contribution in [3.05, 3.63) is 41.0 Å². The Labute approximate surface area is 157 Å². The molecule has 26 heavy (non-hydrogen) atoms. The van der Waals surface area contributed by atoms with Crippen molar-refractivity contribution in [3.63, 3.8) is 0 Å². The number of benzene rings is 1. The fourth-order valence-electron chi connectivity index (χ4n) is 3.97. The first kappa shape index (κ1) is 17.4. The Kier molecular flexibility index (Phi) is 4.87. The zero-order chi connectivity index (χ0) is 18.1. The van der Waals surface area contributed by atoms with Gasteiger partial charge in [0.05, 0.1) is 12.6 Å². The largest absolute Gasteiger partial charge is 0.450 e. The number of amides is 1. The number of hydrogen-bond acceptors (Lipinski definition) is 5. The van der Waals surface area contributed by atoms with Gasteiger partial charge in [-0.1, -0.05) is 28.9 Å². The van der Waals surface area contributed by atoms with Crippen molar-refractivity contribution in [2.75, 3.05) is 26.2 Å². The molecular weight excluding hydrogens is 354 g/mol. The Morgan fingerprint density at radius 1 is 1.35 bits per heavy atom. The van der Waals surface area contributed by atoms with Gasteiger partial charge >= 0.3 is 6.09 Å². The lowest BCUT2D eigenvalue weighted by atomic mass is 10.1. The van der Waals surface area contributed by atoms with Gasteiger partial charge in [-0.2, -0.15) is 0 Å². The van der Waals surface area contributed by atoms with Crippen molar-refractivity contribution in [2.45, 2.75) is 31.8 Å². The number of rotatable bonds is 3. The number of aromatic nitrogens is 1. The van der Waals surface area contributed by atoms with Crippen LogP contribution in [0.5, 0.6) is 0 Å². The zero-order valence-corrected chi connectivity index (χ0v) is 15.5. The molecule has 0 N–H and O–H groups in total. The average Bonchev–Trinajstić information content (AvgIpc) is 3.28. The molecule has 6 nitrogen and oxygen atoms in total. The second kappa shape index (κ2) is 7.29. The van der Waals surface area contributed by atoms with Gasteiger partial charge in [0.1, 0.15) is 5.69 Å². The van der Waals surface area contributed by atoms with Gasteiger partial charge in [0.2, 0.25) is 0 Å². The number of carbonyl (C=O) groups excluding carboxylic acids is 1. The smallest absolute Gasteiger partial charge is 0.409 e. The highest BCUT2D eigenvalue weighted by molar-refractivity contribution is 6.30. The standard InChI is InChI=1S/C19H22ClN3O3/c1-2-25-19(24)22-8-9-23-15(12-22)6-7-17(23)16-11-18(26-21-16)13-4-3-5-14(20)10-13/h3-5,10-11,15,17H,2,6-9,12H2,1H3/t15-,17+/m0/s1. The first-order valence-electron chi connectivity index (χ1n) is 9.05. The van der Waals surface area contributed by atoms with Crippen LogP contribution in [0.4, 0.5) is 4.79 Å². The van der Waals surface area contributed by atoms with E-state index in [0.717, 1.165) is 36.4 Å². The molecule has 0 aliphatic carbocycles. The highest BCUT2D eigenvalue weighted by Crippen LogP contribution is 2.38. The first-order chi connectivity index (χ1) is 12.7. The Morgan fingerprint density at radius 2 is 2.23 bits per heavy atom. The Hall–Kier alpha value is -2.05. The van der Waals surface area contributed by atoms with Gasteiger partial charge in [-0.25, -0.2) is 4.79 Å². The van der Waals surface area contributed by atoms with Crippen molar-refractivity contribution in [1.82, 2.24) is 15.0 Å². The minimum absolute atomic E-state index is 0.208. The van der Waals surface area contributed by atoms with Crippen molar-refractivity contribution < 1.29 is 14.1 Å². The molecule has 2 atom stereocenters. The van der Waals surface area contributed by atoms with Crippen LogP contribution >= 0.6 is 11.6 Å². The van der Waals surface area contributed by atoms with E-state index in [1.165, 1.54) is 0 Å². The van der Waals surface area contributed by atoms with Gasteiger partial charge in [-0.05, 0) is 31.9 Å². The summed E-state index contributed by atoms with van der Waals surface area (Å²) in [6.45, 7) is 4.48. The van der Waals surface area contributed by atoms with Crippen LogP contribution in [0.15, 0.2) is 34.9 Å². The lowest BCUT2D eigenvalue weighted by molar-refractivity contribution is 0.0538. The average molecular weight is 376 g/mol. The molecule has 3 heterocycles. The highest BCUT2D eigenvalue weighted by Gasteiger charge is 2.40. The van der Waals surface area contributed by atoms with Gasteiger partial charge < -0.3 is 14.2 Å². The second-order valence-electron chi connectivity index (χ2n) is 6.76. The highest BCUT2D eigenvalue weighted by atomic mass is 35.5. The summed E-state index contributed by atoms with van der Waals surface area (Å²) >= 11 is 6.07. The van der Waals surface area contributed by atoms with Crippen LogP contribution in [0.2, 0.25) is 5.02 Å². The quantitative estimate of drug-likeness (QED) is 0.812. The molecule has 2 fully saturated rings. The van der Waals surface area contributed by atoms with E-state index in [4.69, 9.17) is 20.9 Å². The fourth-order valence-corrected chi connectivity index (χ4v) is 4.17. The maximum absolute atomic E-state index is 12.0. The lowest BCUT2D eigenvalue weighted by Gasteiger charge is -2.38. The fraction of sp³-hybridized carbons (Fsp3) is 0.474. The molecule has 0 spiro atoms. The summed E-state index contributed by atoms with van der Waals surface area (Å²) in [5, 5.41) is 4.99. The number of halogens is 1. The maximum atomic E-state index is 12.0. The molecule has 138 valence electrons. The molecule has 2 aliphatic rings. The summed E-state index contributed by atoms with van der Waals surface area (Å²) in [7, 11) is 0. The number of piperazine rings is 1. The minimum Gasteiger partial charge on any atom is -0.450 e. The summed E-state index contributed by atoms with van der Waals surface area (Å²) in [5.41, 5.74) is 1.88. The monoisotopic (exact) mass is 375 g/mol. The van der Waals surface area contributed by atoms with E-state index in [1.54, 1.807) is 0 Å². The van der Waals surface area contributed by atoms with Gasteiger partial charge in [-0.15, -0.1) is 0 Å². The molecular formula is C19H22ClN3O3. The second-order valence-corrected chi connectivity index (χ2v) is 7.19. The summed E-state index contributed by atoms with van der Waals surface area (Å²) in [6, 6.07) is 10.2. The Bertz CT molecular complexity index is 794. The van der Waals surface area contributed by atoms with E-state index in [-0.39, 0.29) is 12.1 Å². The maximum Gasteiger partial charge on any atom is 0.409 e. The van der Waals surface area contributed by atoms with Crippen LogP contribution in [-0.2, 0) is 4.74 Å². The van der Waals surface area contributed by atoms with Crippen molar-refractivity contribution >= 4 is 17.7 Å². The van der Waals surface area contributed by atoms with Crippen molar-refractivity contribution in [2.24, 2.45) is 0 Å².